The average molecular weight is 250 g/mol. The summed E-state index contributed by atoms with van der Waals surface area (Å²) in [7, 11) is 0. The molecule has 2 rings (SSSR count). The Morgan fingerprint density at radius 1 is 1.29 bits per heavy atom. The maximum atomic E-state index is 11.1. The van der Waals surface area contributed by atoms with Crippen molar-refractivity contribution in [1.82, 2.24) is 0 Å². The van der Waals surface area contributed by atoms with Crippen molar-refractivity contribution >= 4 is 17.5 Å². The summed E-state index contributed by atoms with van der Waals surface area (Å²) < 4.78 is 5.35. The fraction of sp³-hybridized carbons (Fsp3) is 0.500. The minimum atomic E-state index is 0.131. The second kappa shape index (κ2) is 6.22. The van der Waals surface area contributed by atoms with E-state index in [9.17, 15) is 4.79 Å². The van der Waals surface area contributed by atoms with Crippen LogP contribution in [0.25, 0.3) is 0 Å². The van der Waals surface area contributed by atoms with Crippen molar-refractivity contribution in [2.45, 2.75) is 24.7 Å². The summed E-state index contributed by atoms with van der Waals surface area (Å²) in [5.41, 5.74) is 0.792. The summed E-state index contributed by atoms with van der Waals surface area (Å²) in [4.78, 5) is 12.4. The number of thioether (sulfide) groups is 1. The summed E-state index contributed by atoms with van der Waals surface area (Å²) >= 11 is 1.88. The number of Topliss-reactive ketones (excluding diaryl/α,β-unsaturated/α-hetero) is 1. The first-order valence-corrected chi connectivity index (χ1v) is 7.06. The van der Waals surface area contributed by atoms with Crippen molar-refractivity contribution in [2.24, 2.45) is 5.92 Å². The van der Waals surface area contributed by atoms with Gasteiger partial charge in [-0.2, -0.15) is 0 Å². The molecule has 0 amide bonds. The molecule has 2 nitrogen and oxygen atoms in total. The van der Waals surface area contributed by atoms with Crippen LogP contribution in [0, 0.1) is 5.92 Å². The van der Waals surface area contributed by atoms with Gasteiger partial charge >= 0.3 is 0 Å². The van der Waals surface area contributed by atoms with Crippen molar-refractivity contribution in [1.29, 1.82) is 0 Å². The van der Waals surface area contributed by atoms with E-state index >= 15 is 0 Å². The van der Waals surface area contributed by atoms with E-state index < -0.39 is 0 Å². The lowest BCUT2D eigenvalue weighted by molar-refractivity contribution is 0.0728. The highest BCUT2D eigenvalue weighted by atomic mass is 32.2. The lowest BCUT2D eigenvalue weighted by atomic mass is 10.0. The second-order valence-corrected chi connectivity index (χ2v) is 5.54. The van der Waals surface area contributed by atoms with E-state index in [2.05, 4.69) is 0 Å². The lowest BCUT2D eigenvalue weighted by Gasteiger charge is -2.21. The molecule has 0 bridgehead atoms. The molecule has 0 aliphatic carbocycles. The van der Waals surface area contributed by atoms with E-state index in [-0.39, 0.29) is 5.78 Å². The van der Waals surface area contributed by atoms with Crippen LogP contribution in [0.2, 0.25) is 0 Å². The number of carbonyl (C=O) groups excluding carboxylic acids is 1. The zero-order valence-electron chi connectivity index (χ0n) is 10.1. The zero-order chi connectivity index (χ0) is 12.1. The smallest absolute Gasteiger partial charge is 0.159 e. The van der Waals surface area contributed by atoms with Gasteiger partial charge in [-0.15, -0.1) is 11.8 Å². The van der Waals surface area contributed by atoms with Crippen molar-refractivity contribution in [3.05, 3.63) is 29.8 Å². The number of hydrogen-bond acceptors (Lipinski definition) is 3. The van der Waals surface area contributed by atoms with E-state index in [1.54, 1.807) is 6.92 Å². The minimum Gasteiger partial charge on any atom is -0.381 e. The van der Waals surface area contributed by atoms with Gasteiger partial charge in [0.15, 0.2) is 5.78 Å². The quantitative estimate of drug-likeness (QED) is 0.605. The number of ether oxygens (including phenoxy) is 1. The van der Waals surface area contributed by atoms with Gasteiger partial charge in [0.25, 0.3) is 0 Å². The Morgan fingerprint density at radius 3 is 2.53 bits per heavy atom. The highest BCUT2D eigenvalue weighted by molar-refractivity contribution is 7.99. The Morgan fingerprint density at radius 2 is 1.94 bits per heavy atom. The summed E-state index contributed by atoms with van der Waals surface area (Å²) in [6.07, 6.45) is 2.36. The molecule has 1 aliphatic heterocycles. The monoisotopic (exact) mass is 250 g/mol. The third kappa shape index (κ3) is 3.86. The van der Waals surface area contributed by atoms with Crippen LogP contribution in [0.1, 0.15) is 30.1 Å². The van der Waals surface area contributed by atoms with Crippen LogP contribution in [0.4, 0.5) is 0 Å². The van der Waals surface area contributed by atoms with Gasteiger partial charge in [0, 0.05) is 29.4 Å². The highest BCUT2D eigenvalue weighted by Crippen LogP contribution is 2.25. The normalized spacial score (nSPS) is 17.0. The molecule has 1 aromatic rings. The van der Waals surface area contributed by atoms with Crippen LogP contribution in [0.3, 0.4) is 0 Å². The molecule has 92 valence electrons. The first-order chi connectivity index (χ1) is 8.25. The molecule has 17 heavy (non-hydrogen) atoms. The number of carbonyl (C=O) groups is 1. The van der Waals surface area contributed by atoms with E-state index in [0.29, 0.717) is 0 Å². The first kappa shape index (κ1) is 12.7. The molecule has 1 aliphatic rings. The largest absolute Gasteiger partial charge is 0.381 e. The average Bonchev–Trinajstić information content (AvgIpc) is 2.38. The standard InChI is InChI=1S/C14H18O2S/c1-11(15)13-2-4-14(5-3-13)17-10-12-6-8-16-9-7-12/h2-5,12H,6-10H2,1H3. The molecule has 0 spiro atoms. The predicted molar refractivity (Wildman–Crippen MR) is 70.7 cm³/mol. The first-order valence-electron chi connectivity index (χ1n) is 6.07. The summed E-state index contributed by atoms with van der Waals surface area (Å²) in [6, 6.07) is 7.91. The maximum Gasteiger partial charge on any atom is 0.159 e. The predicted octanol–water partition coefficient (Wildman–Crippen LogP) is 3.41. The van der Waals surface area contributed by atoms with Crippen molar-refractivity contribution < 1.29 is 9.53 Å². The Kier molecular flexibility index (Phi) is 4.63. The summed E-state index contributed by atoms with van der Waals surface area (Å²) in [5, 5.41) is 0. The van der Waals surface area contributed by atoms with E-state index in [1.807, 2.05) is 36.0 Å². The van der Waals surface area contributed by atoms with Crippen LogP contribution in [-0.4, -0.2) is 24.7 Å². The van der Waals surface area contributed by atoms with Crippen LogP contribution >= 0.6 is 11.8 Å². The van der Waals surface area contributed by atoms with E-state index in [1.165, 1.54) is 17.7 Å². The molecular weight excluding hydrogens is 232 g/mol. The number of benzene rings is 1. The SMILES string of the molecule is CC(=O)c1ccc(SCC2CCOCC2)cc1. The lowest BCUT2D eigenvalue weighted by Crippen LogP contribution is -2.17. The van der Waals surface area contributed by atoms with Gasteiger partial charge in [0.1, 0.15) is 0 Å². The van der Waals surface area contributed by atoms with Crippen LogP contribution < -0.4 is 0 Å². The van der Waals surface area contributed by atoms with Crippen LogP contribution in [0.15, 0.2) is 29.2 Å². The second-order valence-electron chi connectivity index (χ2n) is 4.45. The molecule has 1 aromatic carbocycles. The Balaban J connectivity index is 1.84. The van der Waals surface area contributed by atoms with Gasteiger partial charge in [0.2, 0.25) is 0 Å². The Hall–Kier alpha value is -0.800. The van der Waals surface area contributed by atoms with Crippen molar-refractivity contribution in [3.8, 4) is 0 Å². The number of rotatable bonds is 4. The fourth-order valence-corrected chi connectivity index (χ4v) is 3.00. The Labute approximate surface area is 107 Å². The Bertz CT molecular complexity index is 366. The topological polar surface area (TPSA) is 26.3 Å². The van der Waals surface area contributed by atoms with E-state index in [0.717, 1.165) is 30.4 Å². The fourth-order valence-electron chi connectivity index (χ4n) is 1.91. The molecule has 0 saturated carbocycles. The van der Waals surface area contributed by atoms with Crippen LogP contribution in [-0.2, 0) is 4.74 Å². The zero-order valence-corrected chi connectivity index (χ0v) is 11.0. The third-order valence-corrected chi connectivity index (χ3v) is 4.33. The van der Waals surface area contributed by atoms with Gasteiger partial charge in [-0.1, -0.05) is 12.1 Å². The van der Waals surface area contributed by atoms with Crippen LogP contribution in [0.5, 0.6) is 0 Å². The summed E-state index contributed by atoms with van der Waals surface area (Å²) in [6.45, 7) is 3.42. The molecule has 0 atom stereocenters. The molecule has 0 aromatic heterocycles. The molecule has 0 N–H and O–H groups in total. The molecule has 1 fully saturated rings. The molecule has 0 unspecified atom stereocenters. The molecule has 3 heteroatoms. The summed E-state index contributed by atoms with van der Waals surface area (Å²) in [5.74, 6) is 2.06. The van der Waals surface area contributed by atoms with Gasteiger partial charge in [-0.3, -0.25) is 4.79 Å². The highest BCUT2D eigenvalue weighted by Gasteiger charge is 2.13. The third-order valence-electron chi connectivity index (χ3n) is 3.09. The van der Waals surface area contributed by atoms with E-state index in [4.69, 9.17) is 4.74 Å². The molecule has 0 radical (unpaired) electrons. The molecule has 1 heterocycles. The van der Waals surface area contributed by atoms with Crippen molar-refractivity contribution in [3.63, 3.8) is 0 Å². The van der Waals surface area contributed by atoms with Gasteiger partial charge < -0.3 is 4.74 Å². The van der Waals surface area contributed by atoms with Gasteiger partial charge in [-0.05, 0) is 37.8 Å². The number of ketones is 1. The van der Waals surface area contributed by atoms with Gasteiger partial charge in [0.05, 0.1) is 0 Å². The number of hydrogen-bond donors (Lipinski definition) is 0. The molecular formula is C14H18O2S. The molecule has 1 saturated heterocycles. The minimum absolute atomic E-state index is 0.131. The maximum absolute atomic E-state index is 11.1. The van der Waals surface area contributed by atoms with Crippen molar-refractivity contribution in [2.75, 3.05) is 19.0 Å². The van der Waals surface area contributed by atoms with Gasteiger partial charge in [-0.25, -0.2) is 0 Å².